The molecule has 0 unspecified atom stereocenters. The van der Waals surface area contributed by atoms with Gasteiger partial charge in [-0.1, -0.05) is 26.7 Å². The molecule has 21 heavy (non-hydrogen) atoms. The number of nitrogens with one attached hydrogen (secondary N) is 1. The van der Waals surface area contributed by atoms with Gasteiger partial charge in [0, 0.05) is 24.4 Å². The maximum atomic E-state index is 11.0. The summed E-state index contributed by atoms with van der Waals surface area (Å²) in [7, 11) is 0. The van der Waals surface area contributed by atoms with Gasteiger partial charge in [-0.25, -0.2) is 0 Å². The summed E-state index contributed by atoms with van der Waals surface area (Å²) in [5.41, 5.74) is 1.26. The number of hydrogen-bond acceptors (Lipinski definition) is 4. The molecule has 1 aromatic carbocycles. The number of nitro benzene ring substituents is 1. The Balaban J connectivity index is 2.07. The molecule has 1 fully saturated rings. The molecule has 0 aliphatic heterocycles. The number of ether oxygens (including phenoxy) is 1. The third-order valence-electron chi connectivity index (χ3n) is 4.15. The first-order valence-corrected chi connectivity index (χ1v) is 7.69. The van der Waals surface area contributed by atoms with Crippen LogP contribution in [-0.2, 0) is 0 Å². The van der Waals surface area contributed by atoms with E-state index in [1.165, 1.54) is 31.7 Å². The predicted molar refractivity (Wildman–Crippen MR) is 83.9 cm³/mol. The molecule has 5 nitrogen and oxygen atoms in total. The minimum atomic E-state index is -0.396. The lowest BCUT2D eigenvalue weighted by atomic mass is 9.89. The van der Waals surface area contributed by atoms with Gasteiger partial charge in [0.15, 0.2) is 5.75 Å². The van der Waals surface area contributed by atoms with E-state index in [2.05, 4.69) is 12.2 Å². The predicted octanol–water partition coefficient (Wildman–Crippen LogP) is 4.38. The number of benzene rings is 1. The minimum absolute atomic E-state index is 0.0288. The molecule has 0 atom stereocenters. The zero-order valence-corrected chi connectivity index (χ0v) is 12.9. The van der Waals surface area contributed by atoms with Crippen molar-refractivity contribution >= 4 is 11.4 Å². The molecule has 116 valence electrons. The number of anilines is 1. The van der Waals surface area contributed by atoms with Crippen LogP contribution in [0.25, 0.3) is 0 Å². The van der Waals surface area contributed by atoms with Crippen molar-refractivity contribution < 1.29 is 9.66 Å². The molecule has 0 heterocycles. The van der Waals surface area contributed by atoms with Gasteiger partial charge in [0.2, 0.25) is 0 Å². The fourth-order valence-corrected chi connectivity index (χ4v) is 2.82. The first-order chi connectivity index (χ1) is 10.0. The Bertz CT molecular complexity index is 496. The van der Waals surface area contributed by atoms with Crippen LogP contribution in [0.15, 0.2) is 18.2 Å². The number of nitro groups is 1. The molecule has 0 radical (unpaired) electrons. The molecule has 1 aliphatic carbocycles. The van der Waals surface area contributed by atoms with Gasteiger partial charge in [0.05, 0.1) is 11.5 Å². The van der Waals surface area contributed by atoms with Crippen LogP contribution in [0.1, 0.15) is 46.0 Å². The molecular weight excluding hydrogens is 268 g/mol. The lowest BCUT2D eigenvalue weighted by Crippen LogP contribution is -2.22. The van der Waals surface area contributed by atoms with Gasteiger partial charge in [-0.3, -0.25) is 10.1 Å². The van der Waals surface area contributed by atoms with Crippen molar-refractivity contribution in [2.75, 3.05) is 18.5 Å². The van der Waals surface area contributed by atoms with E-state index in [9.17, 15) is 10.1 Å². The second kappa shape index (κ2) is 6.78. The summed E-state index contributed by atoms with van der Waals surface area (Å²) in [6.45, 7) is 5.67. The van der Waals surface area contributed by atoms with E-state index in [-0.39, 0.29) is 5.69 Å². The fourth-order valence-electron chi connectivity index (χ4n) is 2.82. The van der Waals surface area contributed by atoms with Gasteiger partial charge in [0.25, 0.3) is 0 Å². The van der Waals surface area contributed by atoms with Crippen molar-refractivity contribution in [3.8, 4) is 5.75 Å². The van der Waals surface area contributed by atoms with Crippen molar-refractivity contribution in [1.82, 2.24) is 0 Å². The van der Waals surface area contributed by atoms with Gasteiger partial charge >= 0.3 is 5.69 Å². The molecule has 0 aromatic heterocycles. The number of rotatable bonds is 7. The van der Waals surface area contributed by atoms with Crippen molar-refractivity contribution in [1.29, 1.82) is 0 Å². The van der Waals surface area contributed by atoms with Crippen LogP contribution in [0.3, 0.4) is 0 Å². The van der Waals surface area contributed by atoms with Gasteiger partial charge in [-0.2, -0.15) is 0 Å². The van der Waals surface area contributed by atoms with Crippen molar-refractivity contribution in [3.05, 3.63) is 28.3 Å². The molecule has 5 heteroatoms. The fraction of sp³-hybridized carbons (Fsp3) is 0.625. The van der Waals surface area contributed by atoms with Gasteiger partial charge < -0.3 is 10.1 Å². The monoisotopic (exact) mass is 292 g/mol. The normalized spacial score (nSPS) is 16.7. The molecule has 0 spiro atoms. The average molecular weight is 292 g/mol. The smallest absolute Gasteiger partial charge is 0.311 e. The zero-order chi connectivity index (χ0) is 15.3. The Morgan fingerprint density at radius 3 is 2.71 bits per heavy atom. The second-order valence-corrected chi connectivity index (χ2v) is 6.16. The largest absolute Gasteiger partial charge is 0.487 e. The van der Waals surface area contributed by atoms with Crippen molar-refractivity contribution in [2.45, 2.75) is 46.0 Å². The Labute approximate surface area is 125 Å². The molecule has 0 saturated heterocycles. The third-order valence-corrected chi connectivity index (χ3v) is 4.15. The highest BCUT2D eigenvalue weighted by molar-refractivity contribution is 5.58. The number of nitrogens with zero attached hydrogens (tertiary/aromatic N) is 1. The Hall–Kier alpha value is -1.78. The Morgan fingerprint density at radius 2 is 2.10 bits per heavy atom. The van der Waals surface area contributed by atoms with E-state index in [1.807, 2.05) is 6.92 Å². The highest BCUT2D eigenvalue weighted by Crippen LogP contribution is 2.38. The lowest BCUT2D eigenvalue weighted by Gasteiger charge is -2.24. The first-order valence-electron chi connectivity index (χ1n) is 7.69. The Morgan fingerprint density at radius 1 is 1.38 bits per heavy atom. The quantitative estimate of drug-likeness (QED) is 0.598. The molecule has 1 N–H and O–H groups in total. The highest BCUT2D eigenvalue weighted by atomic mass is 16.6. The van der Waals surface area contributed by atoms with E-state index >= 15 is 0 Å². The van der Waals surface area contributed by atoms with Crippen molar-refractivity contribution in [2.24, 2.45) is 5.41 Å². The summed E-state index contributed by atoms with van der Waals surface area (Å²) in [5.74, 6) is 0.350. The van der Waals surface area contributed by atoms with Crippen LogP contribution >= 0.6 is 0 Å². The van der Waals surface area contributed by atoms with Gasteiger partial charge in [-0.05, 0) is 30.7 Å². The van der Waals surface area contributed by atoms with Crippen LogP contribution < -0.4 is 10.1 Å². The van der Waals surface area contributed by atoms with Crippen LogP contribution in [0.2, 0.25) is 0 Å². The van der Waals surface area contributed by atoms with E-state index in [1.54, 1.807) is 12.1 Å². The molecule has 0 bridgehead atoms. The summed E-state index contributed by atoms with van der Waals surface area (Å²) in [5, 5.41) is 14.4. The lowest BCUT2D eigenvalue weighted by molar-refractivity contribution is -0.385. The highest BCUT2D eigenvalue weighted by Gasteiger charge is 2.28. The molecule has 1 aromatic rings. The van der Waals surface area contributed by atoms with Gasteiger partial charge in [0.1, 0.15) is 0 Å². The van der Waals surface area contributed by atoms with E-state index in [0.29, 0.717) is 17.8 Å². The first kappa shape index (κ1) is 15.6. The number of hydrogen-bond donors (Lipinski definition) is 1. The van der Waals surface area contributed by atoms with Crippen LogP contribution in [-0.4, -0.2) is 18.1 Å². The molecular formula is C16H24N2O3. The summed E-state index contributed by atoms with van der Waals surface area (Å²) in [6, 6.07) is 5.02. The molecule has 0 amide bonds. The summed E-state index contributed by atoms with van der Waals surface area (Å²) in [4.78, 5) is 10.6. The zero-order valence-electron chi connectivity index (χ0n) is 12.9. The Kier molecular flexibility index (Phi) is 5.04. The maximum Gasteiger partial charge on any atom is 0.311 e. The summed E-state index contributed by atoms with van der Waals surface area (Å²) >= 11 is 0. The topological polar surface area (TPSA) is 64.4 Å². The average Bonchev–Trinajstić information content (AvgIpc) is 2.90. The van der Waals surface area contributed by atoms with Crippen LogP contribution in [0.4, 0.5) is 11.4 Å². The SMILES string of the molecule is CCCOc1cc(NCC2(C)CCCC2)ccc1[N+](=O)[O-]. The summed E-state index contributed by atoms with van der Waals surface area (Å²) in [6.07, 6.45) is 5.90. The molecule has 1 saturated carbocycles. The van der Waals surface area contributed by atoms with Crippen molar-refractivity contribution in [3.63, 3.8) is 0 Å². The van der Waals surface area contributed by atoms with Crippen LogP contribution in [0, 0.1) is 15.5 Å². The standard InChI is InChI=1S/C16H24N2O3/c1-3-10-21-15-11-13(6-7-14(15)18(19)20)17-12-16(2)8-4-5-9-16/h6-7,11,17H,3-5,8-10,12H2,1-2H3. The molecule has 2 rings (SSSR count). The van der Waals surface area contributed by atoms with E-state index in [0.717, 1.165) is 18.7 Å². The third kappa shape index (κ3) is 4.09. The van der Waals surface area contributed by atoms with E-state index in [4.69, 9.17) is 4.74 Å². The minimum Gasteiger partial charge on any atom is -0.487 e. The maximum absolute atomic E-state index is 11.0. The second-order valence-electron chi connectivity index (χ2n) is 6.16. The van der Waals surface area contributed by atoms with Gasteiger partial charge in [-0.15, -0.1) is 0 Å². The summed E-state index contributed by atoms with van der Waals surface area (Å²) < 4.78 is 5.50. The van der Waals surface area contributed by atoms with Crippen LogP contribution in [0.5, 0.6) is 5.75 Å². The van der Waals surface area contributed by atoms with E-state index < -0.39 is 4.92 Å². The molecule has 1 aliphatic rings.